The zero-order valence-corrected chi connectivity index (χ0v) is 8.78. The number of imide groups is 1. The summed E-state index contributed by atoms with van der Waals surface area (Å²) < 4.78 is 0. The Kier molecular flexibility index (Phi) is 1.98. The van der Waals surface area contributed by atoms with Crippen LogP contribution in [-0.2, 0) is 4.79 Å². The van der Waals surface area contributed by atoms with Crippen molar-refractivity contribution < 1.29 is 9.59 Å². The molecule has 2 heterocycles. The Morgan fingerprint density at radius 1 is 1.06 bits per heavy atom. The number of nitrogens with one attached hydrogen (secondary N) is 3. The number of hydrogen-bond acceptors (Lipinski definition) is 2. The summed E-state index contributed by atoms with van der Waals surface area (Å²) in [5.74, 6) is -0.403. The topological polar surface area (TPSA) is 74.0 Å². The first-order valence-corrected chi connectivity index (χ1v) is 5.14. The Morgan fingerprint density at radius 3 is 2.65 bits per heavy atom. The van der Waals surface area contributed by atoms with Crippen molar-refractivity contribution in [1.29, 1.82) is 0 Å². The minimum atomic E-state index is -0.485. The minimum absolute atomic E-state index is 0.264. The van der Waals surface area contributed by atoms with Crippen LogP contribution in [0, 0.1) is 0 Å². The molecule has 5 heteroatoms. The average Bonchev–Trinajstić information content (AvgIpc) is 2.85. The number of aromatic nitrogens is 1. The fourth-order valence-electron chi connectivity index (χ4n) is 1.85. The molecule has 3 amide bonds. The molecule has 0 aliphatic carbocycles. The number of amides is 3. The van der Waals surface area contributed by atoms with E-state index >= 15 is 0 Å². The number of H-pyrrole nitrogens is 1. The van der Waals surface area contributed by atoms with E-state index in [9.17, 15) is 9.59 Å². The van der Waals surface area contributed by atoms with Gasteiger partial charge in [0.15, 0.2) is 0 Å². The lowest BCUT2D eigenvalue weighted by atomic mass is 10.1. The summed E-state index contributed by atoms with van der Waals surface area (Å²) in [4.78, 5) is 25.4. The minimum Gasteiger partial charge on any atom is -0.361 e. The lowest BCUT2D eigenvalue weighted by Crippen LogP contribution is -2.22. The van der Waals surface area contributed by atoms with Crippen molar-refractivity contribution in [3.63, 3.8) is 0 Å². The molecular weight excluding hydrogens is 218 g/mol. The maximum Gasteiger partial charge on any atom is 0.326 e. The predicted octanol–water partition coefficient (Wildman–Crippen LogP) is 1.35. The summed E-state index contributed by atoms with van der Waals surface area (Å²) >= 11 is 0. The van der Waals surface area contributed by atoms with E-state index < -0.39 is 11.9 Å². The van der Waals surface area contributed by atoms with Crippen molar-refractivity contribution in [2.75, 3.05) is 0 Å². The molecule has 1 aromatic carbocycles. The van der Waals surface area contributed by atoms with Gasteiger partial charge in [0.25, 0.3) is 5.91 Å². The maximum absolute atomic E-state index is 11.4. The van der Waals surface area contributed by atoms with Crippen LogP contribution in [0.1, 0.15) is 5.56 Å². The summed E-state index contributed by atoms with van der Waals surface area (Å²) in [6, 6.07) is 7.27. The molecule has 1 aromatic heterocycles. The Bertz CT molecular complexity index is 655. The first-order chi connectivity index (χ1) is 8.24. The van der Waals surface area contributed by atoms with Gasteiger partial charge in [-0.3, -0.25) is 10.1 Å². The fraction of sp³-hybridized carbons (Fsp3) is 0. The highest BCUT2D eigenvalue weighted by Gasteiger charge is 2.22. The lowest BCUT2D eigenvalue weighted by Gasteiger charge is -1.94. The van der Waals surface area contributed by atoms with Crippen molar-refractivity contribution in [2.45, 2.75) is 0 Å². The van der Waals surface area contributed by atoms with Crippen LogP contribution in [-0.4, -0.2) is 16.9 Å². The van der Waals surface area contributed by atoms with Gasteiger partial charge in [-0.25, -0.2) is 4.79 Å². The van der Waals surface area contributed by atoms with Crippen LogP contribution < -0.4 is 10.6 Å². The number of benzene rings is 1. The van der Waals surface area contributed by atoms with Gasteiger partial charge >= 0.3 is 6.03 Å². The molecule has 5 nitrogen and oxygen atoms in total. The number of fused-ring (bicyclic) bond motifs is 1. The van der Waals surface area contributed by atoms with Crippen molar-refractivity contribution in [1.82, 2.24) is 15.6 Å². The van der Waals surface area contributed by atoms with Gasteiger partial charge in [-0.1, -0.05) is 18.2 Å². The molecule has 0 radical (unpaired) electrons. The zero-order valence-electron chi connectivity index (χ0n) is 8.78. The van der Waals surface area contributed by atoms with Crippen LogP contribution >= 0.6 is 0 Å². The van der Waals surface area contributed by atoms with Crippen LogP contribution in [0.25, 0.3) is 17.0 Å². The molecule has 0 saturated carbocycles. The number of hydrogen-bond donors (Lipinski definition) is 3. The molecule has 0 bridgehead atoms. The average molecular weight is 227 g/mol. The molecular formula is C12H9N3O2. The molecule has 3 N–H and O–H groups in total. The highest BCUT2D eigenvalue weighted by Crippen LogP contribution is 2.20. The number of carbonyl (C=O) groups excluding carboxylic acids is 2. The predicted molar refractivity (Wildman–Crippen MR) is 63.0 cm³/mol. The second-order valence-corrected chi connectivity index (χ2v) is 3.76. The van der Waals surface area contributed by atoms with Crippen LogP contribution in [0.5, 0.6) is 0 Å². The summed E-state index contributed by atoms with van der Waals surface area (Å²) in [6.45, 7) is 0. The highest BCUT2D eigenvalue weighted by molar-refractivity contribution is 6.14. The third kappa shape index (κ3) is 1.57. The largest absolute Gasteiger partial charge is 0.361 e. The molecule has 17 heavy (non-hydrogen) atoms. The van der Waals surface area contributed by atoms with E-state index in [4.69, 9.17) is 0 Å². The van der Waals surface area contributed by atoms with Crippen molar-refractivity contribution in [3.05, 3.63) is 41.7 Å². The fourth-order valence-corrected chi connectivity index (χ4v) is 1.85. The number of rotatable bonds is 1. The third-order valence-corrected chi connectivity index (χ3v) is 2.64. The first kappa shape index (κ1) is 9.65. The molecule has 0 spiro atoms. The van der Waals surface area contributed by atoms with E-state index in [0.717, 1.165) is 16.5 Å². The van der Waals surface area contributed by atoms with E-state index in [0.29, 0.717) is 0 Å². The van der Waals surface area contributed by atoms with E-state index in [1.165, 1.54) is 0 Å². The van der Waals surface area contributed by atoms with Crippen molar-refractivity contribution >= 4 is 28.9 Å². The van der Waals surface area contributed by atoms with Gasteiger partial charge in [-0.2, -0.15) is 0 Å². The quantitative estimate of drug-likeness (QED) is 0.508. The molecule has 0 unspecified atom stereocenters. The van der Waals surface area contributed by atoms with Crippen LogP contribution in [0.15, 0.2) is 36.2 Å². The number of para-hydroxylation sites is 1. The normalized spacial score (nSPS) is 17.5. The lowest BCUT2D eigenvalue weighted by molar-refractivity contribution is -0.115. The molecule has 0 atom stereocenters. The number of carbonyl (C=O) groups is 2. The summed E-state index contributed by atoms with van der Waals surface area (Å²) in [7, 11) is 0. The van der Waals surface area contributed by atoms with Gasteiger partial charge in [-0.15, -0.1) is 0 Å². The van der Waals surface area contributed by atoms with Crippen molar-refractivity contribution in [3.8, 4) is 0 Å². The molecule has 1 fully saturated rings. The SMILES string of the molecule is O=C1NC(=O)C(=Cc2c[nH]c3ccccc23)N1. The van der Waals surface area contributed by atoms with Gasteiger partial charge in [-0.05, 0) is 12.1 Å². The first-order valence-electron chi connectivity index (χ1n) is 5.14. The molecule has 84 valence electrons. The standard InChI is InChI=1S/C12H9N3O2/c16-11-10(14-12(17)15-11)5-7-6-13-9-4-2-1-3-8(7)9/h1-6,13H,(H2,14,15,16,17). The molecule has 1 saturated heterocycles. The van der Waals surface area contributed by atoms with Gasteiger partial charge < -0.3 is 10.3 Å². The second kappa shape index (κ2) is 3.48. The molecule has 1 aliphatic rings. The van der Waals surface area contributed by atoms with Gasteiger partial charge in [0.2, 0.25) is 0 Å². The van der Waals surface area contributed by atoms with Gasteiger partial charge in [0, 0.05) is 22.7 Å². The number of urea groups is 1. The maximum atomic E-state index is 11.4. The summed E-state index contributed by atoms with van der Waals surface area (Å²) in [5, 5.41) is 5.62. The summed E-state index contributed by atoms with van der Waals surface area (Å²) in [5.41, 5.74) is 2.12. The second-order valence-electron chi connectivity index (χ2n) is 3.76. The zero-order chi connectivity index (χ0) is 11.8. The van der Waals surface area contributed by atoms with Crippen LogP contribution in [0.4, 0.5) is 4.79 Å². The molecule has 1 aliphatic heterocycles. The van der Waals surface area contributed by atoms with E-state index in [2.05, 4.69) is 15.6 Å². The summed E-state index contributed by atoms with van der Waals surface area (Å²) in [6.07, 6.45) is 3.45. The van der Waals surface area contributed by atoms with Crippen LogP contribution in [0.2, 0.25) is 0 Å². The Morgan fingerprint density at radius 2 is 1.88 bits per heavy atom. The highest BCUT2D eigenvalue weighted by atomic mass is 16.2. The van der Waals surface area contributed by atoms with E-state index in [-0.39, 0.29) is 5.70 Å². The molecule has 3 rings (SSSR count). The van der Waals surface area contributed by atoms with E-state index in [1.807, 2.05) is 24.3 Å². The van der Waals surface area contributed by atoms with Gasteiger partial charge in [0.05, 0.1) is 0 Å². The Balaban J connectivity index is 2.08. The smallest absolute Gasteiger partial charge is 0.326 e. The number of aromatic amines is 1. The van der Waals surface area contributed by atoms with Crippen molar-refractivity contribution in [2.24, 2.45) is 0 Å². The Hall–Kier alpha value is -2.56. The van der Waals surface area contributed by atoms with E-state index in [1.54, 1.807) is 12.3 Å². The van der Waals surface area contributed by atoms with Gasteiger partial charge in [0.1, 0.15) is 5.70 Å². The third-order valence-electron chi connectivity index (χ3n) is 2.64. The van der Waals surface area contributed by atoms with Crippen LogP contribution in [0.3, 0.4) is 0 Å². The molecule has 2 aromatic rings. The monoisotopic (exact) mass is 227 g/mol. The Labute approximate surface area is 96.5 Å².